The van der Waals surface area contributed by atoms with Crippen molar-refractivity contribution in [3.05, 3.63) is 76.4 Å². The third-order valence-corrected chi connectivity index (χ3v) is 9.18. The molecule has 0 spiro atoms. The summed E-state index contributed by atoms with van der Waals surface area (Å²) in [6, 6.07) is 11.0. The molecule has 1 aliphatic carbocycles. The van der Waals surface area contributed by atoms with E-state index in [0.717, 1.165) is 36.8 Å². The summed E-state index contributed by atoms with van der Waals surface area (Å²) < 4.78 is 58.7. The van der Waals surface area contributed by atoms with Crippen LogP contribution >= 0.6 is 11.6 Å². The topological polar surface area (TPSA) is 110 Å². The van der Waals surface area contributed by atoms with E-state index in [0.29, 0.717) is 28.9 Å². The van der Waals surface area contributed by atoms with Crippen molar-refractivity contribution in [3.63, 3.8) is 0 Å². The fraction of sp³-hybridized carbons (Fsp3) is 0.310. The van der Waals surface area contributed by atoms with Crippen molar-refractivity contribution in [2.24, 2.45) is 5.73 Å². The Morgan fingerprint density at radius 3 is 2.50 bits per heavy atom. The molecule has 1 aliphatic rings. The lowest BCUT2D eigenvalue weighted by Crippen LogP contribution is -2.33. The third kappa shape index (κ3) is 5.61. The molecule has 1 fully saturated rings. The SMILES string of the molecule is CCc1cc(-c2c(C)cc(NS(=O)(=O)c3ccccc3Cl)c(F)c2F)cc2cnc(NC3CCC(N)CC3)nc12. The predicted molar refractivity (Wildman–Crippen MR) is 155 cm³/mol. The van der Waals surface area contributed by atoms with Crippen LogP contribution in [0.2, 0.25) is 5.02 Å². The second-order valence-corrected chi connectivity index (χ2v) is 12.2. The van der Waals surface area contributed by atoms with E-state index >= 15 is 8.78 Å². The largest absolute Gasteiger partial charge is 0.351 e. The van der Waals surface area contributed by atoms with E-state index in [1.165, 1.54) is 24.3 Å². The van der Waals surface area contributed by atoms with E-state index in [9.17, 15) is 8.42 Å². The van der Waals surface area contributed by atoms with E-state index in [1.54, 1.807) is 31.3 Å². The van der Waals surface area contributed by atoms with E-state index in [-0.39, 0.29) is 27.6 Å². The predicted octanol–water partition coefficient (Wildman–Crippen LogP) is 6.58. The first-order chi connectivity index (χ1) is 19.1. The highest BCUT2D eigenvalue weighted by Gasteiger charge is 2.25. The van der Waals surface area contributed by atoms with Gasteiger partial charge in [-0.2, -0.15) is 0 Å². The number of anilines is 2. The number of aromatic nitrogens is 2. The van der Waals surface area contributed by atoms with E-state index in [4.69, 9.17) is 22.3 Å². The highest BCUT2D eigenvalue weighted by atomic mass is 35.5. The summed E-state index contributed by atoms with van der Waals surface area (Å²) in [5.41, 5.74) is 7.94. The van der Waals surface area contributed by atoms with Crippen molar-refractivity contribution in [1.82, 2.24) is 9.97 Å². The van der Waals surface area contributed by atoms with E-state index in [2.05, 4.69) is 15.0 Å². The van der Waals surface area contributed by atoms with Gasteiger partial charge in [-0.3, -0.25) is 4.72 Å². The van der Waals surface area contributed by atoms with Crippen LogP contribution in [-0.2, 0) is 16.4 Å². The Hall–Kier alpha value is -3.34. The van der Waals surface area contributed by atoms with Crippen molar-refractivity contribution in [2.45, 2.75) is 62.9 Å². The highest BCUT2D eigenvalue weighted by Crippen LogP contribution is 2.36. The summed E-state index contributed by atoms with van der Waals surface area (Å²) in [7, 11) is -4.25. The Bertz CT molecular complexity index is 1690. The van der Waals surface area contributed by atoms with Gasteiger partial charge in [0.1, 0.15) is 4.90 Å². The van der Waals surface area contributed by atoms with Crippen LogP contribution in [0.25, 0.3) is 22.0 Å². The number of aryl methyl sites for hydroxylation is 2. The molecular formula is C29H30ClF2N5O2S. The highest BCUT2D eigenvalue weighted by molar-refractivity contribution is 7.92. The van der Waals surface area contributed by atoms with Gasteiger partial charge in [0.25, 0.3) is 10.0 Å². The zero-order chi connectivity index (χ0) is 28.6. The molecule has 1 saturated carbocycles. The first-order valence-electron chi connectivity index (χ1n) is 13.2. The average Bonchev–Trinajstić information content (AvgIpc) is 2.92. The number of halogens is 3. The van der Waals surface area contributed by atoms with Crippen LogP contribution in [0.3, 0.4) is 0 Å². The summed E-state index contributed by atoms with van der Waals surface area (Å²) in [6.45, 7) is 3.56. The molecule has 0 bridgehead atoms. The van der Waals surface area contributed by atoms with Crippen LogP contribution in [0.4, 0.5) is 20.4 Å². The van der Waals surface area contributed by atoms with Gasteiger partial charge in [-0.1, -0.05) is 30.7 Å². The smallest absolute Gasteiger partial charge is 0.263 e. The molecule has 40 heavy (non-hydrogen) atoms. The fourth-order valence-corrected chi connectivity index (χ4v) is 6.76. The summed E-state index contributed by atoms with van der Waals surface area (Å²) in [6.07, 6.45) is 6.11. The van der Waals surface area contributed by atoms with Crippen molar-refractivity contribution in [2.75, 3.05) is 10.0 Å². The Morgan fingerprint density at radius 2 is 1.80 bits per heavy atom. The number of fused-ring (bicyclic) bond motifs is 1. The molecule has 3 aromatic carbocycles. The van der Waals surface area contributed by atoms with Crippen LogP contribution < -0.4 is 15.8 Å². The van der Waals surface area contributed by atoms with Gasteiger partial charge < -0.3 is 11.1 Å². The molecule has 5 rings (SSSR count). The molecule has 11 heteroatoms. The molecule has 0 amide bonds. The molecule has 0 aliphatic heterocycles. The zero-order valence-corrected chi connectivity index (χ0v) is 23.7. The van der Waals surface area contributed by atoms with E-state index < -0.39 is 27.3 Å². The molecule has 0 atom stereocenters. The lowest BCUT2D eigenvalue weighted by atomic mass is 9.92. The second kappa shape index (κ2) is 11.3. The number of nitrogens with one attached hydrogen (secondary N) is 2. The average molecular weight is 586 g/mol. The molecule has 4 N–H and O–H groups in total. The number of sulfonamides is 1. The Kier molecular flexibility index (Phi) is 7.94. The molecule has 4 aromatic rings. The summed E-state index contributed by atoms with van der Waals surface area (Å²) in [5, 5.41) is 4.06. The minimum atomic E-state index is -4.25. The molecule has 0 saturated heterocycles. The maximum absolute atomic E-state index is 15.6. The van der Waals surface area contributed by atoms with Gasteiger partial charge in [-0.25, -0.2) is 27.2 Å². The molecule has 210 valence electrons. The van der Waals surface area contributed by atoms with Gasteiger partial charge >= 0.3 is 0 Å². The monoisotopic (exact) mass is 585 g/mol. The first kappa shape index (κ1) is 28.2. The Labute approximate surface area is 237 Å². The Morgan fingerprint density at radius 1 is 1.07 bits per heavy atom. The summed E-state index contributed by atoms with van der Waals surface area (Å²) in [5.74, 6) is -1.94. The molecule has 0 radical (unpaired) electrons. The number of hydrogen-bond acceptors (Lipinski definition) is 6. The zero-order valence-electron chi connectivity index (χ0n) is 22.1. The van der Waals surface area contributed by atoms with Gasteiger partial charge in [0.2, 0.25) is 5.95 Å². The normalized spacial score (nSPS) is 17.6. The van der Waals surface area contributed by atoms with Crippen LogP contribution in [0.5, 0.6) is 0 Å². The third-order valence-electron chi connectivity index (χ3n) is 7.31. The molecule has 1 heterocycles. The Balaban J connectivity index is 1.49. The van der Waals surface area contributed by atoms with Crippen LogP contribution in [0.15, 0.2) is 53.6 Å². The number of benzene rings is 3. The van der Waals surface area contributed by atoms with Crippen LogP contribution in [0, 0.1) is 18.6 Å². The molecular weight excluding hydrogens is 556 g/mol. The van der Waals surface area contributed by atoms with Crippen LogP contribution in [0.1, 0.15) is 43.7 Å². The minimum absolute atomic E-state index is 0.0315. The number of nitrogens with zero attached hydrogens (tertiary/aromatic N) is 2. The van der Waals surface area contributed by atoms with Gasteiger partial charge in [0.05, 0.1) is 16.2 Å². The summed E-state index contributed by atoms with van der Waals surface area (Å²) in [4.78, 5) is 8.98. The number of nitrogens with two attached hydrogens (primary N) is 1. The lowest BCUT2D eigenvalue weighted by Gasteiger charge is -2.26. The first-order valence-corrected chi connectivity index (χ1v) is 15.0. The van der Waals surface area contributed by atoms with Crippen molar-refractivity contribution < 1.29 is 17.2 Å². The number of rotatable bonds is 7. The molecule has 7 nitrogen and oxygen atoms in total. The molecule has 0 unspecified atom stereocenters. The fourth-order valence-electron chi connectivity index (χ4n) is 5.19. The van der Waals surface area contributed by atoms with Gasteiger partial charge in [-0.15, -0.1) is 0 Å². The number of hydrogen-bond donors (Lipinski definition) is 3. The standard InChI is InChI=1S/C29H30ClF2N5O2S/c1-3-17-13-18(14-19-15-34-29(36-28(17)19)35-21-10-8-20(33)9-11-21)25-16(2)12-23(26(31)27(25)32)37-40(38,39)24-7-5-4-6-22(24)30/h4-7,12-15,20-21,37H,3,8-11,33H2,1-2H3,(H,34,35,36). The van der Waals surface area contributed by atoms with Crippen molar-refractivity contribution in [1.29, 1.82) is 0 Å². The van der Waals surface area contributed by atoms with Gasteiger partial charge in [0, 0.05) is 29.2 Å². The molecule has 1 aromatic heterocycles. The summed E-state index contributed by atoms with van der Waals surface area (Å²) >= 11 is 6.02. The minimum Gasteiger partial charge on any atom is -0.351 e. The quantitative estimate of drug-likeness (QED) is 0.226. The van der Waals surface area contributed by atoms with Crippen molar-refractivity contribution in [3.8, 4) is 11.1 Å². The van der Waals surface area contributed by atoms with Gasteiger partial charge in [0.15, 0.2) is 11.6 Å². The second-order valence-electron chi connectivity index (χ2n) is 10.2. The van der Waals surface area contributed by atoms with Gasteiger partial charge in [-0.05, 0) is 86.1 Å². The maximum Gasteiger partial charge on any atom is 0.263 e. The van der Waals surface area contributed by atoms with Crippen molar-refractivity contribution >= 4 is 44.2 Å². The maximum atomic E-state index is 15.6. The van der Waals surface area contributed by atoms with E-state index in [1.807, 2.05) is 6.92 Å². The lowest BCUT2D eigenvalue weighted by molar-refractivity contribution is 0.410. The van der Waals surface area contributed by atoms with Crippen LogP contribution in [-0.4, -0.2) is 30.5 Å².